The second-order valence-corrected chi connectivity index (χ2v) is 5.59. The summed E-state index contributed by atoms with van der Waals surface area (Å²) in [6.07, 6.45) is 6.50. The maximum atomic E-state index is 4.28. The van der Waals surface area contributed by atoms with E-state index in [1.54, 1.807) is 0 Å². The van der Waals surface area contributed by atoms with E-state index in [-0.39, 0.29) is 0 Å². The van der Waals surface area contributed by atoms with E-state index in [4.69, 9.17) is 0 Å². The molecule has 0 atom stereocenters. The minimum absolute atomic E-state index is 0.798. The van der Waals surface area contributed by atoms with Crippen molar-refractivity contribution in [1.82, 2.24) is 20.0 Å². The Morgan fingerprint density at radius 1 is 1.35 bits per heavy atom. The zero-order valence-corrected chi connectivity index (χ0v) is 12.0. The predicted molar refractivity (Wildman–Crippen MR) is 80.9 cm³/mol. The third kappa shape index (κ3) is 3.68. The fraction of sp³-hybridized carbons (Fsp3) is 0.438. The van der Waals surface area contributed by atoms with Gasteiger partial charge in [0, 0.05) is 38.1 Å². The highest BCUT2D eigenvalue weighted by molar-refractivity contribution is 5.34. The molecule has 106 valence electrons. The van der Waals surface area contributed by atoms with E-state index in [0.717, 1.165) is 31.4 Å². The summed E-state index contributed by atoms with van der Waals surface area (Å²) in [6, 6.07) is 11.3. The van der Waals surface area contributed by atoms with Gasteiger partial charge in [-0.05, 0) is 43.7 Å². The van der Waals surface area contributed by atoms with Crippen LogP contribution in [0.5, 0.6) is 0 Å². The topological polar surface area (TPSA) is 33.1 Å². The SMILES string of the molecule is CN(CCNC1CC1)Cc1cccc(-n2cccn2)c1. The summed E-state index contributed by atoms with van der Waals surface area (Å²) in [5.41, 5.74) is 2.45. The van der Waals surface area contributed by atoms with Crippen molar-refractivity contribution in [1.29, 1.82) is 0 Å². The second-order valence-electron chi connectivity index (χ2n) is 5.59. The second kappa shape index (κ2) is 6.20. The van der Waals surface area contributed by atoms with Crippen LogP contribution in [0.2, 0.25) is 0 Å². The van der Waals surface area contributed by atoms with Crippen LogP contribution in [0.15, 0.2) is 42.7 Å². The van der Waals surface area contributed by atoms with Crippen molar-refractivity contribution in [2.45, 2.75) is 25.4 Å². The highest BCUT2D eigenvalue weighted by Crippen LogP contribution is 2.18. The fourth-order valence-electron chi connectivity index (χ4n) is 2.36. The van der Waals surface area contributed by atoms with Gasteiger partial charge < -0.3 is 10.2 Å². The molecule has 4 nitrogen and oxygen atoms in total. The van der Waals surface area contributed by atoms with Crippen LogP contribution in [0.1, 0.15) is 18.4 Å². The van der Waals surface area contributed by atoms with E-state index in [2.05, 4.69) is 46.6 Å². The van der Waals surface area contributed by atoms with Crippen LogP contribution >= 0.6 is 0 Å². The first-order valence-corrected chi connectivity index (χ1v) is 7.32. The molecule has 3 rings (SSSR count). The maximum absolute atomic E-state index is 4.28. The van der Waals surface area contributed by atoms with Crippen molar-refractivity contribution in [3.05, 3.63) is 48.3 Å². The smallest absolute Gasteiger partial charge is 0.0648 e. The summed E-state index contributed by atoms with van der Waals surface area (Å²) in [4.78, 5) is 2.36. The van der Waals surface area contributed by atoms with Gasteiger partial charge >= 0.3 is 0 Å². The number of benzene rings is 1. The third-order valence-electron chi connectivity index (χ3n) is 3.64. The highest BCUT2D eigenvalue weighted by atomic mass is 15.3. The predicted octanol–water partition coefficient (Wildman–Crippen LogP) is 2.06. The van der Waals surface area contributed by atoms with E-state index < -0.39 is 0 Å². The molecule has 1 aromatic heterocycles. The molecule has 20 heavy (non-hydrogen) atoms. The summed E-state index contributed by atoms with van der Waals surface area (Å²) < 4.78 is 1.90. The fourth-order valence-corrected chi connectivity index (χ4v) is 2.36. The van der Waals surface area contributed by atoms with Gasteiger partial charge in [-0.2, -0.15) is 5.10 Å². The molecular formula is C16H22N4. The van der Waals surface area contributed by atoms with Gasteiger partial charge in [-0.1, -0.05) is 12.1 Å². The molecule has 1 aliphatic rings. The lowest BCUT2D eigenvalue weighted by Gasteiger charge is -2.17. The molecule has 2 aromatic rings. The average molecular weight is 270 g/mol. The molecule has 0 saturated heterocycles. The molecule has 0 radical (unpaired) electrons. The Kier molecular flexibility index (Phi) is 4.14. The summed E-state index contributed by atoms with van der Waals surface area (Å²) in [7, 11) is 2.18. The first-order valence-electron chi connectivity index (χ1n) is 7.32. The van der Waals surface area contributed by atoms with E-state index in [0.29, 0.717) is 0 Å². The van der Waals surface area contributed by atoms with Gasteiger partial charge in [0.25, 0.3) is 0 Å². The molecule has 1 N–H and O–H groups in total. The van der Waals surface area contributed by atoms with Crippen LogP contribution in [0.4, 0.5) is 0 Å². The summed E-state index contributed by atoms with van der Waals surface area (Å²) >= 11 is 0. The lowest BCUT2D eigenvalue weighted by molar-refractivity contribution is 0.324. The Bertz CT molecular complexity index is 531. The Hall–Kier alpha value is -1.65. The van der Waals surface area contributed by atoms with Crippen molar-refractivity contribution in [2.75, 3.05) is 20.1 Å². The third-order valence-corrected chi connectivity index (χ3v) is 3.64. The monoisotopic (exact) mass is 270 g/mol. The van der Waals surface area contributed by atoms with Gasteiger partial charge in [-0.3, -0.25) is 0 Å². The van der Waals surface area contributed by atoms with Crippen LogP contribution < -0.4 is 5.32 Å². The zero-order valence-electron chi connectivity index (χ0n) is 12.0. The molecule has 1 aliphatic carbocycles. The van der Waals surface area contributed by atoms with E-state index in [1.807, 2.05) is 23.1 Å². The molecule has 0 unspecified atom stereocenters. The molecule has 1 saturated carbocycles. The number of nitrogens with one attached hydrogen (secondary N) is 1. The maximum Gasteiger partial charge on any atom is 0.0648 e. The van der Waals surface area contributed by atoms with Gasteiger partial charge in [-0.25, -0.2) is 4.68 Å². The zero-order chi connectivity index (χ0) is 13.8. The lowest BCUT2D eigenvalue weighted by Crippen LogP contribution is -2.30. The molecule has 0 bridgehead atoms. The Morgan fingerprint density at radius 2 is 2.25 bits per heavy atom. The first kappa shape index (κ1) is 13.3. The standard InChI is InChI=1S/C16H22N4/c1-19(11-9-17-15-6-7-15)13-14-4-2-5-16(12-14)20-10-3-8-18-20/h2-5,8,10,12,15,17H,6-7,9,11,13H2,1H3. The van der Waals surface area contributed by atoms with Gasteiger partial charge in [0.2, 0.25) is 0 Å². The van der Waals surface area contributed by atoms with Crippen molar-refractivity contribution in [3.8, 4) is 5.69 Å². The van der Waals surface area contributed by atoms with Crippen LogP contribution in [-0.2, 0) is 6.54 Å². The summed E-state index contributed by atoms with van der Waals surface area (Å²) in [5, 5.41) is 7.83. The molecule has 1 fully saturated rings. The number of likely N-dealkylation sites (N-methyl/N-ethyl adjacent to an activating group) is 1. The lowest BCUT2D eigenvalue weighted by atomic mass is 10.2. The minimum Gasteiger partial charge on any atom is -0.313 e. The van der Waals surface area contributed by atoms with E-state index in [1.165, 1.54) is 18.4 Å². The van der Waals surface area contributed by atoms with E-state index >= 15 is 0 Å². The largest absolute Gasteiger partial charge is 0.313 e. The molecule has 4 heteroatoms. The van der Waals surface area contributed by atoms with Crippen LogP contribution in [-0.4, -0.2) is 40.9 Å². The highest BCUT2D eigenvalue weighted by Gasteiger charge is 2.19. The Balaban J connectivity index is 1.54. The average Bonchev–Trinajstić information content (AvgIpc) is 3.10. The number of aromatic nitrogens is 2. The van der Waals surface area contributed by atoms with Gasteiger partial charge in [-0.15, -0.1) is 0 Å². The van der Waals surface area contributed by atoms with E-state index in [9.17, 15) is 0 Å². The normalized spacial score (nSPS) is 14.9. The summed E-state index contributed by atoms with van der Waals surface area (Å²) in [5.74, 6) is 0. The van der Waals surface area contributed by atoms with Crippen molar-refractivity contribution >= 4 is 0 Å². The van der Waals surface area contributed by atoms with Crippen LogP contribution in [0.3, 0.4) is 0 Å². The molecule has 1 heterocycles. The quantitative estimate of drug-likeness (QED) is 0.836. The molecule has 1 aromatic carbocycles. The number of hydrogen-bond donors (Lipinski definition) is 1. The molecule has 0 spiro atoms. The van der Waals surface area contributed by atoms with Crippen molar-refractivity contribution in [2.24, 2.45) is 0 Å². The Morgan fingerprint density at radius 3 is 3.00 bits per heavy atom. The summed E-state index contributed by atoms with van der Waals surface area (Å²) in [6.45, 7) is 3.14. The first-order chi connectivity index (χ1) is 9.81. The number of nitrogens with zero attached hydrogens (tertiary/aromatic N) is 3. The molecule has 0 aliphatic heterocycles. The van der Waals surface area contributed by atoms with Crippen LogP contribution in [0.25, 0.3) is 5.69 Å². The minimum atomic E-state index is 0.798. The van der Waals surface area contributed by atoms with Gasteiger partial charge in [0.05, 0.1) is 5.69 Å². The number of rotatable bonds is 7. The van der Waals surface area contributed by atoms with Crippen molar-refractivity contribution in [3.63, 3.8) is 0 Å². The molecular weight excluding hydrogens is 248 g/mol. The Labute approximate surface area is 120 Å². The van der Waals surface area contributed by atoms with Gasteiger partial charge in [0.15, 0.2) is 0 Å². The van der Waals surface area contributed by atoms with Crippen LogP contribution in [0, 0.1) is 0 Å². The molecule has 0 amide bonds. The van der Waals surface area contributed by atoms with Gasteiger partial charge in [0.1, 0.15) is 0 Å². The van der Waals surface area contributed by atoms with Crippen molar-refractivity contribution < 1.29 is 0 Å². The number of hydrogen-bond acceptors (Lipinski definition) is 3.